The fraction of sp³-hybridized carbons (Fsp3) is 0.714. The number of piperidine rings is 1. The zero-order valence-electron chi connectivity index (χ0n) is 11.6. The fourth-order valence-corrected chi connectivity index (χ4v) is 3.28. The summed E-state index contributed by atoms with van der Waals surface area (Å²) in [6, 6.07) is 0. The van der Waals surface area contributed by atoms with Gasteiger partial charge in [-0.15, -0.1) is 0 Å². The number of nitrogens with one attached hydrogen (secondary N) is 1. The Hall–Kier alpha value is -1.36. The van der Waals surface area contributed by atoms with Crippen molar-refractivity contribution in [1.82, 2.24) is 15.4 Å². The molecule has 0 saturated carbocycles. The van der Waals surface area contributed by atoms with Crippen molar-refractivity contribution in [2.45, 2.75) is 26.7 Å². The Kier molecular flexibility index (Phi) is 3.31. The second kappa shape index (κ2) is 4.96. The number of carbonyl (C=O) groups is 1. The number of likely N-dealkylation sites (tertiary alicyclic amines) is 1. The van der Waals surface area contributed by atoms with E-state index in [1.807, 2.05) is 18.7 Å². The number of aryl methyl sites for hydroxylation is 2. The van der Waals surface area contributed by atoms with E-state index < -0.39 is 0 Å². The molecule has 1 amide bonds. The van der Waals surface area contributed by atoms with Gasteiger partial charge >= 0.3 is 0 Å². The van der Waals surface area contributed by atoms with Crippen LogP contribution in [0.15, 0.2) is 4.52 Å². The van der Waals surface area contributed by atoms with Crippen LogP contribution >= 0.6 is 0 Å². The molecule has 5 heteroatoms. The van der Waals surface area contributed by atoms with Crippen LogP contribution in [0.4, 0.5) is 0 Å². The number of hydrogen-bond acceptors (Lipinski definition) is 4. The number of fused-ring (bicyclic) bond motifs is 1. The van der Waals surface area contributed by atoms with Gasteiger partial charge < -0.3 is 14.7 Å². The van der Waals surface area contributed by atoms with Crippen molar-refractivity contribution in [3.8, 4) is 0 Å². The molecule has 5 nitrogen and oxygen atoms in total. The molecule has 2 unspecified atom stereocenters. The quantitative estimate of drug-likeness (QED) is 0.861. The molecule has 0 spiro atoms. The highest BCUT2D eigenvalue weighted by atomic mass is 16.5. The number of hydrogen-bond donors (Lipinski definition) is 1. The van der Waals surface area contributed by atoms with Crippen molar-refractivity contribution >= 4 is 5.91 Å². The van der Waals surface area contributed by atoms with Crippen LogP contribution in [0.25, 0.3) is 0 Å². The van der Waals surface area contributed by atoms with Crippen molar-refractivity contribution in [3.63, 3.8) is 0 Å². The molecule has 2 aliphatic rings. The SMILES string of the molecule is Cc1noc(C)c1CC(=O)N1CCC2CNCC2C1. The lowest BCUT2D eigenvalue weighted by Crippen LogP contribution is -2.44. The Morgan fingerprint density at radius 3 is 2.95 bits per heavy atom. The van der Waals surface area contributed by atoms with E-state index in [9.17, 15) is 4.79 Å². The normalized spacial score (nSPS) is 26.5. The van der Waals surface area contributed by atoms with E-state index in [0.717, 1.165) is 55.5 Å². The third-order valence-corrected chi connectivity index (χ3v) is 4.57. The van der Waals surface area contributed by atoms with Crippen molar-refractivity contribution < 1.29 is 9.32 Å². The predicted octanol–water partition coefficient (Wildman–Crippen LogP) is 0.902. The van der Waals surface area contributed by atoms with Gasteiger partial charge in [0.25, 0.3) is 0 Å². The van der Waals surface area contributed by atoms with E-state index in [1.165, 1.54) is 0 Å². The smallest absolute Gasteiger partial charge is 0.227 e. The predicted molar refractivity (Wildman–Crippen MR) is 70.7 cm³/mol. The summed E-state index contributed by atoms with van der Waals surface area (Å²) in [4.78, 5) is 14.4. The molecule has 104 valence electrons. The zero-order valence-corrected chi connectivity index (χ0v) is 11.6. The second-order valence-electron chi connectivity index (χ2n) is 5.79. The van der Waals surface area contributed by atoms with E-state index in [-0.39, 0.29) is 5.91 Å². The highest BCUT2D eigenvalue weighted by Crippen LogP contribution is 2.27. The van der Waals surface area contributed by atoms with E-state index in [2.05, 4.69) is 10.5 Å². The Morgan fingerprint density at radius 1 is 1.42 bits per heavy atom. The van der Waals surface area contributed by atoms with Crippen LogP contribution in [0, 0.1) is 25.7 Å². The highest BCUT2D eigenvalue weighted by Gasteiger charge is 2.34. The van der Waals surface area contributed by atoms with Crippen molar-refractivity contribution in [3.05, 3.63) is 17.0 Å². The van der Waals surface area contributed by atoms with E-state index in [1.54, 1.807) is 0 Å². The lowest BCUT2D eigenvalue weighted by atomic mass is 9.88. The first-order valence-corrected chi connectivity index (χ1v) is 7.05. The van der Waals surface area contributed by atoms with Crippen LogP contribution < -0.4 is 5.32 Å². The third-order valence-electron chi connectivity index (χ3n) is 4.57. The van der Waals surface area contributed by atoms with Crippen molar-refractivity contribution in [1.29, 1.82) is 0 Å². The molecule has 0 aromatic carbocycles. The third kappa shape index (κ3) is 2.39. The minimum Gasteiger partial charge on any atom is -0.361 e. The maximum absolute atomic E-state index is 12.4. The second-order valence-corrected chi connectivity index (χ2v) is 5.79. The monoisotopic (exact) mass is 263 g/mol. The van der Waals surface area contributed by atoms with Gasteiger partial charge in [0, 0.05) is 18.7 Å². The largest absolute Gasteiger partial charge is 0.361 e. The topological polar surface area (TPSA) is 58.4 Å². The summed E-state index contributed by atoms with van der Waals surface area (Å²) in [5, 5.41) is 7.34. The van der Waals surface area contributed by atoms with Crippen LogP contribution in [0.5, 0.6) is 0 Å². The molecular formula is C14H21N3O2. The summed E-state index contributed by atoms with van der Waals surface area (Å²) < 4.78 is 5.12. The van der Waals surface area contributed by atoms with Gasteiger partial charge in [0.1, 0.15) is 5.76 Å². The maximum Gasteiger partial charge on any atom is 0.227 e. The van der Waals surface area contributed by atoms with Crippen LogP contribution in [0.3, 0.4) is 0 Å². The lowest BCUT2D eigenvalue weighted by Gasteiger charge is -2.34. The summed E-state index contributed by atoms with van der Waals surface area (Å²) in [7, 11) is 0. The van der Waals surface area contributed by atoms with Crippen LogP contribution in [0.1, 0.15) is 23.4 Å². The van der Waals surface area contributed by atoms with E-state index in [4.69, 9.17) is 4.52 Å². The molecule has 1 aromatic rings. The summed E-state index contributed by atoms with van der Waals surface area (Å²) in [6.07, 6.45) is 1.55. The minimum absolute atomic E-state index is 0.208. The van der Waals surface area contributed by atoms with E-state index >= 15 is 0 Å². The summed E-state index contributed by atoms with van der Waals surface area (Å²) >= 11 is 0. The average Bonchev–Trinajstić information content (AvgIpc) is 2.99. The summed E-state index contributed by atoms with van der Waals surface area (Å²) in [5.41, 5.74) is 1.79. The van der Waals surface area contributed by atoms with Crippen LogP contribution in [0.2, 0.25) is 0 Å². The van der Waals surface area contributed by atoms with Crippen molar-refractivity contribution in [2.24, 2.45) is 11.8 Å². The molecule has 1 aromatic heterocycles. The molecule has 0 radical (unpaired) electrons. The number of amides is 1. The molecule has 2 aliphatic heterocycles. The molecule has 0 aliphatic carbocycles. The fourth-order valence-electron chi connectivity index (χ4n) is 3.28. The zero-order chi connectivity index (χ0) is 13.4. The molecule has 1 N–H and O–H groups in total. The highest BCUT2D eigenvalue weighted by molar-refractivity contribution is 5.79. The first kappa shape index (κ1) is 12.7. The van der Waals surface area contributed by atoms with Crippen LogP contribution in [-0.4, -0.2) is 42.1 Å². The molecule has 0 bridgehead atoms. The van der Waals surface area contributed by atoms with Gasteiger partial charge in [-0.3, -0.25) is 4.79 Å². The maximum atomic E-state index is 12.4. The number of nitrogens with zero attached hydrogens (tertiary/aromatic N) is 2. The minimum atomic E-state index is 0.208. The van der Waals surface area contributed by atoms with Gasteiger partial charge in [0.15, 0.2) is 0 Å². The molecule has 3 heterocycles. The lowest BCUT2D eigenvalue weighted by molar-refractivity contribution is -0.132. The molecule has 2 saturated heterocycles. The molecular weight excluding hydrogens is 242 g/mol. The van der Waals surface area contributed by atoms with Gasteiger partial charge in [-0.2, -0.15) is 0 Å². The van der Waals surface area contributed by atoms with Gasteiger partial charge in [-0.1, -0.05) is 5.16 Å². The van der Waals surface area contributed by atoms with Crippen molar-refractivity contribution in [2.75, 3.05) is 26.2 Å². The average molecular weight is 263 g/mol. The number of aromatic nitrogens is 1. The Balaban J connectivity index is 1.65. The molecule has 2 atom stereocenters. The molecule has 3 rings (SSSR count). The number of carbonyl (C=O) groups excluding carboxylic acids is 1. The van der Waals surface area contributed by atoms with Gasteiger partial charge in [0.05, 0.1) is 12.1 Å². The van der Waals surface area contributed by atoms with Gasteiger partial charge in [0.2, 0.25) is 5.91 Å². The Bertz CT molecular complexity index is 464. The first-order valence-electron chi connectivity index (χ1n) is 7.05. The Labute approximate surface area is 113 Å². The Morgan fingerprint density at radius 2 is 2.21 bits per heavy atom. The first-order chi connectivity index (χ1) is 9.15. The molecule has 19 heavy (non-hydrogen) atoms. The number of rotatable bonds is 2. The van der Waals surface area contributed by atoms with Crippen LogP contribution in [-0.2, 0) is 11.2 Å². The molecule has 2 fully saturated rings. The van der Waals surface area contributed by atoms with E-state index in [0.29, 0.717) is 12.3 Å². The van der Waals surface area contributed by atoms with Gasteiger partial charge in [-0.05, 0) is 45.2 Å². The summed E-state index contributed by atoms with van der Waals surface area (Å²) in [5.74, 6) is 2.38. The summed E-state index contributed by atoms with van der Waals surface area (Å²) in [6.45, 7) is 7.74. The van der Waals surface area contributed by atoms with Gasteiger partial charge in [-0.25, -0.2) is 0 Å². The standard InChI is InChI=1S/C14H21N3O2/c1-9-13(10(2)19-16-9)5-14(18)17-4-3-11-6-15-7-12(11)8-17/h11-12,15H,3-8H2,1-2H3.